The predicted octanol–water partition coefficient (Wildman–Crippen LogP) is 4.31. The number of hydrogen-bond donors (Lipinski definition) is 3. The third-order valence-electron chi connectivity index (χ3n) is 6.57. The number of rotatable bonds is 21. The summed E-state index contributed by atoms with van der Waals surface area (Å²) in [6.45, 7) is 8.25. The Hall–Kier alpha value is -3.75. The van der Waals surface area contributed by atoms with E-state index < -0.39 is 12.0 Å². The number of allylic oxidation sites excluding steroid dienone is 2. The van der Waals surface area contributed by atoms with Crippen molar-refractivity contribution in [1.82, 2.24) is 10.6 Å². The largest absolute Gasteiger partial charge is 0.455 e. The van der Waals surface area contributed by atoms with E-state index in [0.717, 1.165) is 24.0 Å². The van der Waals surface area contributed by atoms with Crippen LogP contribution >= 0.6 is 0 Å². The van der Waals surface area contributed by atoms with Gasteiger partial charge in [0.05, 0.1) is 38.2 Å². The van der Waals surface area contributed by atoms with Gasteiger partial charge in [0, 0.05) is 13.0 Å². The molecule has 0 saturated heterocycles. The first-order valence-corrected chi connectivity index (χ1v) is 14.2. The van der Waals surface area contributed by atoms with Crippen molar-refractivity contribution in [3.8, 4) is 0 Å². The van der Waals surface area contributed by atoms with Gasteiger partial charge in [0.2, 0.25) is 11.8 Å². The number of esters is 1. The number of nitrogens with one attached hydrogen (secondary N) is 2. The van der Waals surface area contributed by atoms with E-state index in [-0.39, 0.29) is 63.0 Å². The molecule has 0 aliphatic rings. The Morgan fingerprint density at radius 2 is 1.61 bits per heavy atom. The fraction of sp³-hybridized carbons (Fsp3) is 0.424. The smallest absolute Gasteiger partial charge is 0.309 e. The Labute approximate surface area is 243 Å². The Bertz CT molecular complexity index is 1060. The molecule has 222 valence electrons. The first-order chi connectivity index (χ1) is 20.0. The topological polar surface area (TPSA) is 114 Å². The van der Waals surface area contributed by atoms with Crippen molar-refractivity contribution in [1.29, 1.82) is 0 Å². The van der Waals surface area contributed by atoms with Crippen molar-refractivity contribution in [2.24, 2.45) is 11.8 Å². The van der Waals surface area contributed by atoms with Crippen LogP contribution in [0.3, 0.4) is 0 Å². The lowest BCUT2D eigenvalue weighted by molar-refractivity contribution is -0.155. The summed E-state index contributed by atoms with van der Waals surface area (Å²) in [5.74, 6) is -1.87. The molecule has 2 rings (SSSR count). The van der Waals surface area contributed by atoms with Crippen LogP contribution in [-0.4, -0.2) is 55.8 Å². The van der Waals surface area contributed by atoms with E-state index in [2.05, 4.69) is 23.8 Å². The summed E-state index contributed by atoms with van der Waals surface area (Å²) >= 11 is 0. The zero-order valence-electron chi connectivity index (χ0n) is 23.8. The van der Waals surface area contributed by atoms with Gasteiger partial charge in [-0.2, -0.15) is 0 Å². The summed E-state index contributed by atoms with van der Waals surface area (Å²) in [7, 11) is 0. The van der Waals surface area contributed by atoms with Crippen LogP contribution in [0.1, 0.15) is 49.3 Å². The first-order valence-electron chi connectivity index (χ1n) is 14.2. The number of carbonyl (C=O) groups excluding carboxylic acids is 3. The van der Waals surface area contributed by atoms with Gasteiger partial charge in [-0.15, -0.1) is 13.2 Å². The molecule has 0 aliphatic heterocycles. The van der Waals surface area contributed by atoms with E-state index in [1.807, 2.05) is 66.7 Å². The third kappa shape index (κ3) is 13.4. The Kier molecular flexibility index (Phi) is 16.5. The minimum atomic E-state index is -0.688. The van der Waals surface area contributed by atoms with Gasteiger partial charge in [-0.05, 0) is 43.2 Å². The standard InChI is InChI=1S/C33H44N2O6/c1-3-5-8-18-29(23-26-14-9-6-10-15-26)33(39)41-30(27-16-11-7-12-17-27)25-35-32(38)28(13-4-2)24-31(37)34-19-21-40-22-20-36/h3-4,6-7,9-12,14-17,28-30,36H,1-2,5,8,13,18-25H2,(H,34,37)(H,35,38). The second-order valence-corrected chi connectivity index (χ2v) is 9.80. The highest BCUT2D eigenvalue weighted by Crippen LogP contribution is 2.23. The lowest BCUT2D eigenvalue weighted by Gasteiger charge is -2.24. The maximum atomic E-state index is 13.5. The molecule has 0 heterocycles. The lowest BCUT2D eigenvalue weighted by Crippen LogP contribution is -2.38. The summed E-state index contributed by atoms with van der Waals surface area (Å²) in [5.41, 5.74) is 1.83. The minimum Gasteiger partial charge on any atom is -0.455 e. The molecule has 41 heavy (non-hydrogen) atoms. The summed E-state index contributed by atoms with van der Waals surface area (Å²) in [5, 5.41) is 14.4. The molecule has 8 heteroatoms. The maximum absolute atomic E-state index is 13.5. The number of amides is 2. The SMILES string of the molecule is C=CCCCC(Cc1ccccc1)C(=O)OC(CNC(=O)C(CC=C)CC(=O)NCCOCCO)c1ccccc1. The normalized spacial score (nSPS) is 12.9. The number of aliphatic hydroxyl groups excluding tert-OH is 1. The highest BCUT2D eigenvalue weighted by molar-refractivity contribution is 5.86. The maximum Gasteiger partial charge on any atom is 0.309 e. The third-order valence-corrected chi connectivity index (χ3v) is 6.57. The quantitative estimate of drug-likeness (QED) is 0.118. The Balaban J connectivity index is 2.06. The zero-order chi connectivity index (χ0) is 29.7. The van der Waals surface area contributed by atoms with Gasteiger partial charge in [-0.1, -0.05) is 72.8 Å². The molecule has 0 fully saturated rings. The fourth-order valence-corrected chi connectivity index (χ4v) is 4.39. The van der Waals surface area contributed by atoms with Crippen molar-refractivity contribution in [2.75, 3.05) is 32.9 Å². The average molecular weight is 565 g/mol. The minimum absolute atomic E-state index is 0.0178. The molecule has 0 bridgehead atoms. The number of carbonyl (C=O) groups is 3. The van der Waals surface area contributed by atoms with E-state index in [0.29, 0.717) is 19.3 Å². The van der Waals surface area contributed by atoms with Gasteiger partial charge < -0.3 is 25.2 Å². The molecule has 3 atom stereocenters. The number of benzene rings is 2. The van der Waals surface area contributed by atoms with E-state index >= 15 is 0 Å². The lowest BCUT2D eigenvalue weighted by atomic mass is 9.94. The average Bonchev–Trinajstić information content (AvgIpc) is 2.99. The van der Waals surface area contributed by atoms with Gasteiger partial charge in [0.15, 0.2) is 0 Å². The summed E-state index contributed by atoms with van der Waals surface area (Å²) in [6.07, 6.45) is 5.92. The van der Waals surface area contributed by atoms with Crippen LogP contribution in [-0.2, 0) is 30.3 Å². The molecule has 2 aromatic rings. The van der Waals surface area contributed by atoms with Crippen molar-refractivity contribution in [2.45, 2.75) is 44.6 Å². The monoisotopic (exact) mass is 564 g/mol. The molecule has 3 N–H and O–H groups in total. The number of unbranched alkanes of at least 4 members (excludes halogenated alkanes) is 1. The molecule has 0 saturated carbocycles. The van der Waals surface area contributed by atoms with E-state index in [1.165, 1.54) is 0 Å². The molecule has 0 radical (unpaired) electrons. The summed E-state index contributed by atoms with van der Waals surface area (Å²) in [4.78, 5) is 39.0. The van der Waals surface area contributed by atoms with Crippen LogP contribution in [0.25, 0.3) is 0 Å². The van der Waals surface area contributed by atoms with Crippen molar-refractivity contribution in [3.63, 3.8) is 0 Å². The molecule has 0 aliphatic carbocycles. The van der Waals surface area contributed by atoms with Crippen LogP contribution in [0.2, 0.25) is 0 Å². The van der Waals surface area contributed by atoms with Gasteiger partial charge in [0.1, 0.15) is 6.10 Å². The molecule has 8 nitrogen and oxygen atoms in total. The summed E-state index contributed by atoms with van der Waals surface area (Å²) < 4.78 is 11.2. The molecule has 0 aromatic heterocycles. The second kappa shape index (κ2) is 20.2. The Morgan fingerprint density at radius 3 is 2.27 bits per heavy atom. The van der Waals surface area contributed by atoms with Crippen molar-refractivity contribution in [3.05, 3.63) is 97.1 Å². The van der Waals surface area contributed by atoms with Gasteiger partial charge in [0.25, 0.3) is 0 Å². The fourth-order valence-electron chi connectivity index (χ4n) is 4.39. The number of hydrogen-bond acceptors (Lipinski definition) is 6. The second-order valence-electron chi connectivity index (χ2n) is 9.80. The molecular formula is C33H44N2O6. The van der Waals surface area contributed by atoms with Gasteiger partial charge >= 0.3 is 5.97 Å². The molecule has 2 aromatic carbocycles. The number of aliphatic hydroxyl groups is 1. The molecular weight excluding hydrogens is 520 g/mol. The van der Waals surface area contributed by atoms with Crippen LogP contribution in [0, 0.1) is 11.8 Å². The van der Waals surface area contributed by atoms with Crippen LogP contribution in [0.15, 0.2) is 86.0 Å². The number of ether oxygens (including phenoxy) is 2. The Morgan fingerprint density at radius 1 is 0.902 bits per heavy atom. The van der Waals surface area contributed by atoms with E-state index in [1.54, 1.807) is 6.08 Å². The summed E-state index contributed by atoms with van der Waals surface area (Å²) in [6, 6.07) is 19.2. The molecule has 3 unspecified atom stereocenters. The van der Waals surface area contributed by atoms with Gasteiger partial charge in [-0.3, -0.25) is 14.4 Å². The van der Waals surface area contributed by atoms with Crippen LogP contribution < -0.4 is 10.6 Å². The molecule has 2 amide bonds. The highest BCUT2D eigenvalue weighted by Gasteiger charge is 2.27. The van der Waals surface area contributed by atoms with Crippen LogP contribution in [0.5, 0.6) is 0 Å². The zero-order valence-corrected chi connectivity index (χ0v) is 23.8. The predicted molar refractivity (Wildman–Crippen MR) is 160 cm³/mol. The van der Waals surface area contributed by atoms with E-state index in [9.17, 15) is 14.4 Å². The van der Waals surface area contributed by atoms with E-state index in [4.69, 9.17) is 14.6 Å². The van der Waals surface area contributed by atoms with Crippen LogP contribution in [0.4, 0.5) is 0 Å². The van der Waals surface area contributed by atoms with Crippen molar-refractivity contribution >= 4 is 17.8 Å². The van der Waals surface area contributed by atoms with Crippen molar-refractivity contribution < 1.29 is 29.0 Å². The van der Waals surface area contributed by atoms with Gasteiger partial charge in [-0.25, -0.2) is 0 Å². The highest BCUT2D eigenvalue weighted by atomic mass is 16.5. The molecule has 0 spiro atoms. The first kappa shape index (κ1) is 33.5.